The zero-order valence-electron chi connectivity index (χ0n) is 10.6. The molecule has 0 saturated heterocycles. The third kappa shape index (κ3) is 3.43. The van der Waals surface area contributed by atoms with Crippen LogP contribution in [0.1, 0.15) is 24.4 Å². The lowest BCUT2D eigenvalue weighted by Crippen LogP contribution is -1.95. The summed E-state index contributed by atoms with van der Waals surface area (Å²) in [5.41, 5.74) is 1.28. The lowest BCUT2D eigenvalue weighted by molar-refractivity contribution is 0.304. The Labute approximate surface area is 111 Å². The molecule has 1 aromatic carbocycles. The van der Waals surface area contributed by atoms with Crippen LogP contribution in [0.25, 0.3) is 0 Å². The Hall–Kier alpha value is -1.62. The van der Waals surface area contributed by atoms with Crippen LogP contribution in [0.4, 0.5) is 5.13 Å². The van der Waals surface area contributed by atoms with Crippen molar-refractivity contribution in [1.82, 2.24) is 10.2 Å². The van der Waals surface area contributed by atoms with E-state index in [0.29, 0.717) is 6.61 Å². The number of aryl methyl sites for hydroxylation is 1. The second-order valence-corrected chi connectivity index (χ2v) is 4.88. The maximum atomic E-state index is 5.71. The molecule has 0 fully saturated rings. The highest BCUT2D eigenvalue weighted by Gasteiger charge is 2.04. The number of ether oxygens (including phenoxy) is 1. The molecule has 0 unspecified atom stereocenters. The van der Waals surface area contributed by atoms with E-state index < -0.39 is 0 Å². The van der Waals surface area contributed by atoms with E-state index in [1.165, 1.54) is 16.9 Å². The first-order valence-corrected chi connectivity index (χ1v) is 6.91. The molecule has 0 aliphatic carbocycles. The highest BCUT2D eigenvalue weighted by molar-refractivity contribution is 7.15. The number of nitrogens with one attached hydrogen (secondary N) is 1. The van der Waals surface area contributed by atoms with Crippen molar-refractivity contribution in [1.29, 1.82) is 0 Å². The van der Waals surface area contributed by atoms with E-state index >= 15 is 0 Å². The van der Waals surface area contributed by atoms with E-state index in [0.717, 1.165) is 28.9 Å². The van der Waals surface area contributed by atoms with Gasteiger partial charge in [0, 0.05) is 6.54 Å². The normalized spacial score (nSPS) is 10.3. The van der Waals surface area contributed by atoms with E-state index in [1.807, 2.05) is 19.1 Å². The van der Waals surface area contributed by atoms with Crippen molar-refractivity contribution in [2.45, 2.75) is 26.9 Å². The van der Waals surface area contributed by atoms with Crippen LogP contribution in [-0.4, -0.2) is 16.7 Å². The van der Waals surface area contributed by atoms with Gasteiger partial charge in [0.15, 0.2) is 5.01 Å². The summed E-state index contributed by atoms with van der Waals surface area (Å²) in [5.74, 6) is 0.884. The first kappa shape index (κ1) is 12.8. The Morgan fingerprint density at radius 3 is 2.94 bits per heavy atom. The fourth-order valence-electron chi connectivity index (χ4n) is 1.53. The van der Waals surface area contributed by atoms with Gasteiger partial charge in [0.1, 0.15) is 12.4 Å². The summed E-state index contributed by atoms with van der Waals surface area (Å²) in [6, 6.07) is 8.14. The average Bonchev–Trinajstić information content (AvgIpc) is 2.85. The minimum atomic E-state index is 0.468. The van der Waals surface area contributed by atoms with Crippen LogP contribution >= 0.6 is 11.3 Å². The summed E-state index contributed by atoms with van der Waals surface area (Å²) >= 11 is 1.53. The standard InChI is InChI=1S/C13H17N3OS/c1-3-10-6-5-7-11(8-10)17-9-12-15-16-13(18-12)14-4-2/h5-8H,3-4,9H2,1-2H3,(H,14,16). The van der Waals surface area contributed by atoms with E-state index in [-0.39, 0.29) is 0 Å². The summed E-state index contributed by atoms with van der Waals surface area (Å²) in [6.07, 6.45) is 1.01. The van der Waals surface area contributed by atoms with Crippen molar-refractivity contribution in [3.05, 3.63) is 34.8 Å². The molecule has 1 aromatic heterocycles. The third-order valence-corrected chi connectivity index (χ3v) is 3.32. The Morgan fingerprint density at radius 2 is 2.17 bits per heavy atom. The van der Waals surface area contributed by atoms with Gasteiger partial charge in [-0.1, -0.05) is 30.4 Å². The minimum Gasteiger partial charge on any atom is -0.486 e. The first-order chi connectivity index (χ1) is 8.81. The number of aromatic nitrogens is 2. The molecule has 18 heavy (non-hydrogen) atoms. The van der Waals surface area contributed by atoms with E-state index in [9.17, 15) is 0 Å². The molecule has 0 bridgehead atoms. The second kappa shape index (κ2) is 6.35. The highest BCUT2D eigenvalue weighted by atomic mass is 32.1. The Bertz CT molecular complexity index is 498. The number of benzene rings is 1. The summed E-state index contributed by atoms with van der Waals surface area (Å²) in [4.78, 5) is 0. The zero-order valence-corrected chi connectivity index (χ0v) is 11.5. The van der Waals surface area contributed by atoms with Gasteiger partial charge in [-0.15, -0.1) is 10.2 Å². The highest BCUT2D eigenvalue weighted by Crippen LogP contribution is 2.19. The lowest BCUT2D eigenvalue weighted by atomic mass is 10.2. The number of anilines is 1. The average molecular weight is 263 g/mol. The van der Waals surface area contributed by atoms with Gasteiger partial charge in [-0.05, 0) is 31.0 Å². The lowest BCUT2D eigenvalue weighted by Gasteiger charge is -2.04. The number of nitrogens with zero attached hydrogens (tertiary/aromatic N) is 2. The van der Waals surface area contributed by atoms with Crippen molar-refractivity contribution in [2.24, 2.45) is 0 Å². The van der Waals surface area contributed by atoms with Crippen LogP contribution in [0.5, 0.6) is 5.75 Å². The summed E-state index contributed by atoms with van der Waals surface area (Å²) in [5, 5.41) is 13.0. The van der Waals surface area contributed by atoms with Crippen LogP contribution in [0.2, 0.25) is 0 Å². The molecule has 4 nitrogen and oxygen atoms in total. The maximum absolute atomic E-state index is 5.71. The molecule has 1 heterocycles. The Morgan fingerprint density at radius 1 is 1.28 bits per heavy atom. The fraction of sp³-hybridized carbons (Fsp3) is 0.385. The maximum Gasteiger partial charge on any atom is 0.205 e. The minimum absolute atomic E-state index is 0.468. The quantitative estimate of drug-likeness (QED) is 0.870. The van der Waals surface area contributed by atoms with Gasteiger partial charge in [-0.3, -0.25) is 0 Å². The molecule has 2 rings (SSSR count). The first-order valence-electron chi connectivity index (χ1n) is 6.09. The van der Waals surface area contributed by atoms with Crippen molar-refractivity contribution < 1.29 is 4.74 Å². The monoisotopic (exact) mass is 263 g/mol. The van der Waals surface area contributed by atoms with Crippen molar-refractivity contribution in [3.8, 4) is 5.75 Å². The van der Waals surface area contributed by atoms with Crippen LogP contribution < -0.4 is 10.1 Å². The fourth-order valence-corrected chi connectivity index (χ4v) is 2.26. The molecule has 0 saturated carbocycles. The molecule has 2 aromatic rings. The zero-order chi connectivity index (χ0) is 12.8. The summed E-state index contributed by atoms with van der Waals surface area (Å²) in [7, 11) is 0. The van der Waals surface area contributed by atoms with Crippen molar-refractivity contribution >= 4 is 16.5 Å². The largest absolute Gasteiger partial charge is 0.486 e. The van der Waals surface area contributed by atoms with Crippen molar-refractivity contribution in [3.63, 3.8) is 0 Å². The predicted octanol–water partition coefficient (Wildman–Crippen LogP) is 3.11. The molecular weight excluding hydrogens is 246 g/mol. The molecule has 1 N–H and O–H groups in total. The van der Waals surface area contributed by atoms with Gasteiger partial charge < -0.3 is 10.1 Å². The molecule has 0 amide bonds. The van der Waals surface area contributed by atoms with Crippen molar-refractivity contribution in [2.75, 3.05) is 11.9 Å². The van der Waals surface area contributed by atoms with Crippen LogP contribution in [0.15, 0.2) is 24.3 Å². The van der Waals surface area contributed by atoms with E-state index in [4.69, 9.17) is 4.74 Å². The van der Waals surface area contributed by atoms with Crippen LogP contribution in [0, 0.1) is 0 Å². The molecule has 96 valence electrons. The smallest absolute Gasteiger partial charge is 0.205 e. The molecule has 0 atom stereocenters. The number of hydrogen-bond acceptors (Lipinski definition) is 5. The Balaban J connectivity index is 1.93. The van der Waals surface area contributed by atoms with Gasteiger partial charge in [0.05, 0.1) is 0 Å². The number of hydrogen-bond donors (Lipinski definition) is 1. The van der Waals surface area contributed by atoms with Gasteiger partial charge in [0.2, 0.25) is 5.13 Å². The molecule has 0 spiro atoms. The molecular formula is C13H17N3OS. The summed E-state index contributed by atoms with van der Waals surface area (Å²) in [6.45, 7) is 5.49. The molecule has 0 aliphatic heterocycles. The number of rotatable bonds is 6. The summed E-state index contributed by atoms with van der Waals surface area (Å²) < 4.78 is 5.71. The van der Waals surface area contributed by atoms with Gasteiger partial charge in [0.25, 0.3) is 0 Å². The van der Waals surface area contributed by atoms with E-state index in [1.54, 1.807) is 0 Å². The molecule has 5 heteroatoms. The van der Waals surface area contributed by atoms with Crippen LogP contribution in [0.3, 0.4) is 0 Å². The van der Waals surface area contributed by atoms with Gasteiger partial charge in [-0.25, -0.2) is 0 Å². The Kier molecular flexibility index (Phi) is 4.52. The van der Waals surface area contributed by atoms with E-state index in [2.05, 4.69) is 34.6 Å². The second-order valence-electron chi connectivity index (χ2n) is 3.82. The van der Waals surface area contributed by atoms with Gasteiger partial charge >= 0.3 is 0 Å². The third-order valence-electron chi connectivity index (χ3n) is 2.46. The van der Waals surface area contributed by atoms with Gasteiger partial charge in [-0.2, -0.15) is 0 Å². The molecule has 0 aliphatic rings. The predicted molar refractivity (Wildman–Crippen MR) is 74.2 cm³/mol. The SMILES string of the molecule is CCNc1nnc(COc2cccc(CC)c2)s1. The topological polar surface area (TPSA) is 47.0 Å². The molecule has 0 radical (unpaired) electrons. The van der Waals surface area contributed by atoms with Crippen LogP contribution in [-0.2, 0) is 13.0 Å².